The Morgan fingerprint density at radius 1 is 0.980 bits per heavy atom. The summed E-state index contributed by atoms with van der Waals surface area (Å²) in [6, 6.07) is 6.21. The van der Waals surface area contributed by atoms with Crippen LogP contribution in [0, 0.1) is 5.92 Å². The van der Waals surface area contributed by atoms with E-state index < -0.39 is 68.5 Å². The standard InChI is InChI=1S/C36H44N6O8S/c43-30-13-6-7-18-50-29-12-8-9-22-14-17-26(39-31(22)29)32(44)37-24-19-28-33(45)40-36(35(47)41-51(48,49)25-15-16-25)20-23(36)10-4-2-1-3-5-11-27(38-30)34(46)42(28)21-24/h4,8-10,12,14,17,23-25,27-28H,1-3,5-7,11,13,15-16,18-21H2,(H,37,44)(H,38,43)(H,40,45)(H,41,47)/b10-4-/t23-,24-,27+,28+,36-/m1/s1. The molecule has 5 bridgehead atoms. The van der Waals surface area contributed by atoms with E-state index in [1.807, 2.05) is 24.3 Å². The van der Waals surface area contributed by atoms with Gasteiger partial charge in [-0.05, 0) is 69.9 Å². The minimum atomic E-state index is -3.88. The molecule has 15 heteroatoms. The number of ether oxygens (including phenoxy) is 1. The first kappa shape index (κ1) is 34.9. The summed E-state index contributed by atoms with van der Waals surface area (Å²) in [7, 11) is -3.88. The van der Waals surface area contributed by atoms with Crippen LogP contribution in [0.1, 0.15) is 87.5 Å². The maximum atomic E-state index is 14.3. The maximum absolute atomic E-state index is 14.3. The van der Waals surface area contributed by atoms with Gasteiger partial charge in [0.25, 0.3) is 11.8 Å². The number of allylic oxidation sites excluding steroid dienone is 1. The Balaban J connectivity index is 1.20. The fraction of sp³-hybridized carbons (Fsp3) is 0.556. The predicted molar refractivity (Wildman–Crippen MR) is 186 cm³/mol. The number of carbonyl (C=O) groups excluding carboxylic acids is 5. The number of pyridine rings is 1. The third-order valence-electron chi connectivity index (χ3n) is 10.5. The van der Waals surface area contributed by atoms with Gasteiger partial charge >= 0.3 is 0 Å². The van der Waals surface area contributed by atoms with Gasteiger partial charge in [0.15, 0.2) is 0 Å². The number of nitrogens with zero attached hydrogens (tertiary/aromatic N) is 2. The number of hydrogen-bond donors (Lipinski definition) is 4. The van der Waals surface area contributed by atoms with Crippen molar-refractivity contribution in [3.63, 3.8) is 0 Å². The molecular formula is C36H44N6O8S. The van der Waals surface area contributed by atoms with Crippen LogP contribution in [-0.4, -0.2) is 89.9 Å². The largest absolute Gasteiger partial charge is 0.491 e. The van der Waals surface area contributed by atoms with E-state index >= 15 is 0 Å². The normalized spacial score (nSPS) is 30.0. The van der Waals surface area contributed by atoms with Crippen molar-refractivity contribution in [3.8, 4) is 5.75 Å². The first-order valence-electron chi connectivity index (χ1n) is 18.0. The fourth-order valence-electron chi connectivity index (χ4n) is 7.36. The van der Waals surface area contributed by atoms with Gasteiger partial charge in [0.2, 0.25) is 27.7 Å². The highest BCUT2D eigenvalue weighted by Gasteiger charge is 2.62. The van der Waals surface area contributed by atoms with Crippen molar-refractivity contribution in [2.45, 2.75) is 106 Å². The first-order valence-corrected chi connectivity index (χ1v) is 19.6. The molecule has 51 heavy (non-hydrogen) atoms. The molecule has 7 rings (SSSR count). The number of benzene rings is 1. The van der Waals surface area contributed by atoms with E-state index in [9.17, 15) is 32.4 Å². The van der Waals surface area contributed by atoms with Gasteiger partial charge in [-0.25, -0.2) is 13.4 Å². The molecule has 5 amide bonds. The molecule has 2 aromatic rings. The summed E-state index contributed by atoms with van der Waals surface area (Å²) < 4.78 is 33.7. The molecule has 2 aliphatic carbocycles. The monoisotopic (exact) mass is 720 g/mol. The molecule has 3 aliphatic heterocycles. The zero-order valence-corrected chi connectivity index (χ0v) is 29.2. The summed E-state index contributed by atoms with van der Waals surface area (Å²) in [4.78, 5) is 74.9. The lowest BCUT2D eigenvalue weighted by Crippen LogP contribution is -2.58. The Labute approximate surface area is 296 Å². The molecule has 4 N–H and O–H groups in total. The maximum Gasteiger partial charge on any atom is 0.270 e. The molecule has 0 unspecified atom stereocenters. The third-order valence-corrected chi connectivity index (χ3v) is 12.3. The molecule has 5 aliphatic rings. The van der Waals surface area contributed by atoms with E-state index in [1.54, 1.807) is 18.2 Å². The number of fused-ring (bicyclic) bond motifs is 4. The van der Waals surface area contributed by atoms with Gasteiger partial charge in [0, 0.05) is 30.3 Å². The summed E-state index contributed by atoms with van der Waals surface area (Å²) in [6.45, 7) is 0.316. The van der Waals surface area contributed by atoms with Gasteiger partial charge in [-0.3, -0.25) is 28.7 Å². The van der Waals surface area contributed by atoms with Crippen LogP contribution in [-0.2, 0) is 29.2 Å². The number of nitrogens with one attached hydrogen (secondary N) is 4. The second kappa shape index (κ2) is 14.2. The van der Waals surface area contributed by atoms with Crippen LogP contribution >= 0.6 is 0 Å². The van der Waals surface area contributed by atoms with Crippen LogP contribution < -0.4 is 25.4 Å². The van der Waals surface area contributed by atoms with Crippen LogP contribution in [0.2, 0.25) is 0 Å². The average molecular weight is 721 g/mol. The summed E-state index contributed by atoms with van der Waals surface area (Å²) in [5.41, 5.74) is -0.841. The number of sulfonamides is 1. The molecule has 1 saturated heterocycles. The van der Waals surface area contributed by atoms with Crippen molar-refractivity contribution in [1.82, 2.24) is 30.6 Å². The topological polar surface area (TPSA) is 193 Å². The van der Waals surface area contributed by atoms with Crippen molar-refractivity contribution < 1.29 is 37.1 Å². The van der Waals surface area contributed by atoms with Crippen molar-refractivity contribution in [3.05, 3.63) is 48.2 Å². The lowest BCUT2D eigenvalue weighted by atomic mass is 10.0. The highest BCUT2D eigenvalue weighted by atomic mass is 32.2. The predicted octanol–water partition coefficient (Wildman–Crippen LogP) is 1.99. The second-order valence-electron chi connectivity index (χ2n) is 14.4. The fourth-order valence-corrected chi connectivity index (χ4v) is 8.73. The van der Waals surface area contributed by atoms with Crippen LogP contribution in [0.25, 0.3) is 10.9 Å². The van der Waals surface area contributed by atoms with E-state index in [0.717, 1.165) is 18.2 Å². The number of aromatic nitrogens is 1. The highest BCUT2D eigenvalue weighted by molar-refractivity contribution is 7.91. The van der Waals surface area contributed by atoms with Crippen molar-refractivity contribution >= 4 is 50.5 Å². The lowest BCUT2D eigenvalue weighted by Gasteiger charge is -2.30. The summed E-state index contributed by atoms with van der Waals surface area (Å²) in [6.07, 6.45) is 9.59. The minimum absolute atomic E-state index is 0.0183. The first-order chi connectivity index (χ1) is 24.5. The molecule has 1 aromatic carbocycles. The Bertz CT molecular complexity index is 1880. The molecule has 1 aromatic heterocycles. The van der Waals surface area contributed by atoms with Crippen LogP contribution in [0.15, 0.2) is 42.5 Å². The number of rotatable bonds is 3. The van der Waals surface area contributed by atoms with Gasteiger partial charge in [-0.2, -0.15) is 0 Å². The Morgan fingerprint density at radius 2 is 1.82 bits per heavy atom. The van der Waals surface area contributed by atoms with Gasteiger partial charge in [-0.1, -0.05) is 43.2 Å². The zero-order valence-electron chi connectivity index (χ0n) is 28.4. The molecular weight excluding hydrogens is 676 g/mol. The summed E-state index contributed by atoms with van der Waals surface area (Å²) >= 11 is 0. The van der Waals surface area contributed by atoms with E-state index in [2.05, 4.69) is 25.7 Å². The number of hydrogen-bond acceptors (Lipinski definition) is 9. The molecule has 3 fully saturated rings. The average Bonchev–Trinajstić information content (AvgIpc) is 4.03. The third kappa shape index (κ3) is 7.58. The molecule has 5 atom stereocenters. The smallest absolute Gasteiger partial charge is 0.270 e. The molecule has 0 spiro atoms. The molecule has 14 nitrogen and oxygen atoms in total. The van der Waals surface area contributed by atoms with Gasteiger partial charge in [0.05, 0.1) is 11.9 Å². The zero-order chi connectivity index (χ0) is 35.8. The van der Waals surface area contributed by atoms with E-state index in [-0.39, 0.29) is 37.4 Å². The van der Waals surface area contributed by atoms with Crippen LogP contribution in [0.4, 0.5) is 0 Å². The Morgan fingerprint density at radius 3 is 2.65 bits per heavy atom. The second-order valence-corrected chi connectivity index (χ2v) is 16.3. The van der Waals surface area contributed by atoms with E-state index in [1.165, 1.54) is 4.90 Å². The highest BCUT2D eigenvalue weighted by Crippen LogP contribution is 2.46. The van der Waals surface area contributed by atoms with Crippen LogP contribution in [0.5, 0.6) is 5.75 Å². The molecule has 0 radical (unpaired) electrons. The van der Waals surface area contributed by atoms with Crippen molar-refractivity contribution in [2.24, 2.45) is 5.92 Å². The Hall–Kier alpha value is -4.53. The van der Waals surface area contributed by atoms with Gasteiger partial charge in [-0.15, -0.1) is 0 Å². The SMILES string of the molecule is O=C1CCCCOc2cccc3ccc(nc23)C(=O)N[C@@H]2C[C@H]3C(=O)N[C@]4(C(=O)NS(=O)(=O)C5CC5)C[C@H]4/C=C\CCCCC[C@H](N1)C(=O)N3C2. The lowest BCUT2D eigenvalue weighted by molar-refractivity contribution is -0.142. The minimum Gasteiger partial charge on any atom is -0.491 e. The van der Waals surface area contributed by atoms with Crippen molar-refractivity contribution in [2.75, 3.05) is 13.2 Å². The van der Waals surface area contributed by atoms with Crippen LogP contribution in [0.3, 0.4) is 0 Å². The molecule has 4 heterocycles. The molecule has 272 valence electrons. The van der Waals surface area contributed by atoms with Gasteiger partial charge in [0.1, 0.15) is 34.6 Å². The van der Waals surface area contributed by atoms with Crippen molar-refractivity contribution in [1.29, 1.82) is 0 Å². The molecule has 2 saturated carbocycles. The number of carbonyl (C=O) groups is 5. The van der Waals surface area contributed by atoms with E-state index in [0.29, 0.717) is 62.8 Å². The number of para-hydroxylation sites is 1. The summed E-state index contributed by atoms with van der Waals surface area (Å²) in [5, 5.41) is 8.87. The van der Waals surface area contributed by atoms with E-state index in [4.69, 9.17) is 4.74 Å². The quantitative estimate of drug-likeness (QED) is 0.343. The van der Waals surface area contributed by atoms with Gasteiger partial charge < -0.3 is 25.6 Å². The Kier molecular flexibility index (Phi) is 9.74. The number of amides is 5. The summed E-state index contributed by atoms with van der Waals surface area (Å²) in [5.74, 6) is -2.57.